The van der Waals surface area contributed by atoms with E-state index in [0.29, 0.717) is 5.57 Å². The number of hydrogen-bond acceptors (Lipinski definition) is 3. The zero-order valence-electron chi connectivity index (χ0n) is 18.5. The van der Waals surface area contributed by atoms with Crippen LogP contribution in [0.2, 0.25) is 0 Å². The third kappa shape index (κ3) is 6.36. The van der Waals surface area contributed by atoms with Crippen molar-refractivity contribution in [2.75, 3.05) is 0 Å². The van der Waals surface area contributed by atoms with E-state index in [4.69, 9.17) is 5.41 Å². The largest absolute Gasteiger partial charge is 0.301 e. The summed E-state index contributed by atoms with van der Waals surface area (Å²) in [5, 5.41) is 8.39. The summed E-state index contributed by atoms with van der Waals surface area (Å²) in [5.41, 5.74) is 0.727. The Bertz CT molecular complexity index is 594. The first-order chi connectivity index (χ1) is 14.1. The number of carbonyl (C=O) groups is 2. The second-order valence-electron chi connectivity index (χ2n) is 10.0. The number of Topliss-reactive ketones (excluding diaryl/α,β-unsaturated/α-hetero) is 1. The summed E-state index contributed by atoms with van der Waals surface area (Å²) in [4.78, 5) is 25.7. The molecule has 1 N–H and O–H groups in total. The van der Waals surface area contributed by atoms with Crippen molar-refractivity contribution in [2.45, 2.75) is 110 Å². The Morgan fingerprint density at radius 3 is 1.66 bits per heavy atom. The molecule has 0 saturated heterocycles. The lowest BCUT2D eigenvalue weighted by Crippen LogP contribution is -2.24. The number of allylic oxidation sites excluding steroid dienone is 2. The summed E-state index contributed by atoms with van der Waals surface area (Å²) in [7, 11) is 0. The van der Waals surface area contributed by atoms with Gasteiger partial charge in [0.15, 0.2) is 5.78 Å². The first-order valence-electron chi connectivity index (χ1n) is 12.4. The molecule has 0 spiro atoms. The van der Waals surface area contributed by atoms with Gasteiger partial charge in [0.05, 0.1) is 5.71 Å². The molecule has 2 unspecified atom stereocenters. The lowest BCUT2D eigenvalue weighted by atomic mass is 9.75. The molecule has 0 bridgehead atoms. The van der Waals surface area contributed by atoms with Gasteiger partial charge in [0.2, 0.25) is 5.78 Å². The monoisotopic (exact) mass is 399 g/mol. The summed E-state index contributed by atoms with van der Waals surface area (Å²) in [6.45, 7) is 1.75. The first-order valence-corrected chi connectivity index (χ1v) is 12.4. The van der Waals surface area contributed by atoms with E-state index in [1.165, 1.54) is 51.4 Å². The van der Waals surface area contributed by atoms with Crippen LogP contribution in [0.3, 0.4) is 0 Å². The molecule has 0 aromatic heterocycles. The smallest absolute Gasteiger partial charge is 0.202 e. The number of carbonyl (C=O) groups excluding carboxylic acids is 2. The molecule has 3 aliphatic carbocycles. The third-order valence-corrected chi connectivity index (χ3v) is 7.95. The fourth-order valence-corrected chi connectivity index (χ4v) is 6.09. The minimum Gasteiger partial charge on any atom is -0.301 e. The molecule has 2 atom stereocenters. The van der Waals surface area contributed by atoms with Crippen molar-refractivity contribution in [2.24, 2.45) is 23.7 Å². The number of hydrogen-bond donors (Lipinski definition) is 1. The van der Waals surface area contributed by atoms with Crippen molar-refractivity contribution in [3.05, 3.63) is 11.6 Å². The molecule has 29 heavy (non-hydrogen) atoms. The van der Waals surface area contributed by atoms with Gasteiger partial charge in [0.1, 0.15) is 0 Å². The number of rotatable bonds is 5. The highest BCUT2D eigenvalue weighted by Gasteiger charge is 2.28. The van der Waals surface area contributed by atoms with E-state index in [1.807, 2.05) is 0 Å². The van der Waals surface area contributed by atoms with Crippen molar-refractivity contribution in [3.63, 3.8) is 0 Å². The van der Waals surface area contributed by atoms with E-state index in [9.17, 15) is 9.59 Å². The molecule has 0 aliphatic heterocycles. The quantitative estimate of drug-likeness (QED) is 0.312. The average Bonchev–Trinajstić information content (AvgIpc) is 2.95. The van der Waals surface area contributed by atoms with Gasteiger partial charge < -0.3 is 5.41 Å². The lowest BCUT2D eigenvalue weighted by Gasteiger charge is -2.31. The van der Waals surface area contributed by atoms with Gasteiger partial charge in [-0.15, -0.1) is 0 Å². The van der Waals surface area contributed by atoms with Crippen LogP contribution in [0.1, 0.15) is 110 Å². The molecule has 0 amide bonds. The summed E-state index contributed by atoms with van der Waals surface area (Å²) in [5.74, 6) is 1.88. The predicted molar refractivity (Wildman–Crippen MR) is 119 cm³/mol. The van der Waals surface area contributed by atoms with Gasteiger partial charge in [-0.25, -0.2) is 0 Å². The average molecular weight is 400 g/mol. The van der Waals surface area contributed by atoms with E-state index >= 15 is 0 Å². The molecule has 3 heteroatoms. The fourth-order valence-electron chi connectivity index (χ4n) is 6.09. The summed E-state index contributed by atoms with van der Waals surface area (Å²) < 4.78 is 0. The highest BCUT2D eigenvalue weighted by molar-refractivity contribution is 6.45. The van der Waals surface area contributed by atoms with Crippen LogP contribution in [-0.4, -0.2) is 17.3 Å². The van der Waals surface area contributed by atoms with Crippen LogP contribution < -0.4 is 0 Å². The van der Waals surface area contributed by atoms with Crippen molar-refractivity contribution in [1.82, 2.24) is 0 Å². The maximum Gasteiger partial charge on any atom is 0.202 e. The molecular formula is C26H41NO2. The summed E-state index contributed by atoms with van der Waals surface area (Å²) in [6, 6.07) is 0. The van der Waals surface area contributed by atoms with Gasteiger partial charge in [-0.3, -0.25) is 9.59 Å². The molecule has 3 aliphatic rings. The normalized spacial score (nSPS) is 30.2. The zero-order chi connectivity index (χ0) is 20.6. The van der Waals surface area contributed by atoms with Gasteiger partial charge in [-0.05, 0) is 50.5 Å². The number of fused-ring (bicyclic) bond motifs is 1. The molecule has 3 fully saturated rings. The minimum absolute atomic E-state index is 0.0740. The Kier molecular flexibility index (Phi) is 8.68. The predicted octanol–water partition coefficient (Wildman–Crippen LogP) is 6.84. The molecule has 0 heterocycles. The first kappa shape index (κ1) is 22.4. The maximum atomic E-state index is 13.0. The Balaban J connectivity index is 1.57. The fraction of sp³-hybridized carbons (Fsp3) is 0.808. The van der Waals surface area contributed by atoms with E-state index in [-0.39, 0.29) is 29.1 Å². The van der Waals surface area contributed by atoms with Crippen LogP contribution in [0, 0.1) is 29.1 Å². The Labute approximate surface area is 177 Å². The van der Waals surface area contributed by atoms with E-state index in [1.54, 1.807) is 13.0 Å². The van der Waals surface area contributed by atoms with Crippen molar-refractivity contribution in [3.8, 4) is 0 Å². The molecule has 0 radical (unpaired) electrons. The highest BCUT2D eigenvalue weighted by Crippen LogP contribution is 2.39. The Hall–Kier alpha value is -1.25. The van der Waals surface area contributed by atoms with Crippen LogP contribution in [0.25, 0.3) is 0 Å². The molecule has 0 aromatic carbocycles. The third-order valence-electron chi connectivity index (χ3n) is 7.95. The standard InChI is InChI=1S/C26H41NO2/c1-19(26(29)25(27)23-12-4-2-3-5-13-23)18-24(28)22-16-8-14-20-10-6-7-11-21(20)15-9-17-22/h18,20-23,27H,2-17H2,1H3/b19-18+,27-25?. The van der Waals surface area contributed by atoms with Gasteiger partial charge in [-0.2, -0.15) is 0 Å². The molecule has 162 valence electrons. The second-order valence-corrected chi connectivity index (χ2v) is 10.0. The topological polar surface area (TPSA) is 58.0 Å². The van der Waals surface area contributed by atoms with Gasteiger partial charge in [0, 0.05) is 17.4 Å². The number of nitrogens with one attached hydrogen (secondary N) is 1. The molecule has 0 aromatic rings. The second kappa shape index (κ2) is 11.2. The highest BCUT2D eigenvalue weighted by atomic mass is 16.1. The van der Waals surface area contributed by atoms with Gasteiger partial charge in [0.25, 0.3) is 0 Å². The van der Waals surface area contributed by atoms with Crippen LogP contribution in [0.15, 0.2) is 11.6 Å². The lowest BCUT2D eigenvalue weighted by molar-refractivity contribution is -0.119. The zero-order valence-corrected chi connectivity index (χ0v) is 18.5. The Morgan fingerprint density at radius 1 is 0.655 bits per heavy atom. The molecule has 3 saturated carbocycles. The maximum absolute atomic E-state index is 13.0. The minimum atomic E-state index is -0.195. The van der Waals surface area contributed by atoms with E-state index in [0.717, 1.165) is 63.2 Å². The van der Waals surface area contributed by atoms with Crippen LogP contribution in [0.4, 0.5) is 0 Å². The molecule has 3 rings (SSSR count). The van der Waals surface area contributed by atoms with E-state index in [2.05, 4.69) is 0 Å². The van der Waals surface area contributed by atoms with Crippen LogP contribution >= 0.6 is 0 Å². The van der Waals surface area contributed by atoms with Crippen molar-refractivity contribution >= 4 is 17.3 Å². The van der Waals surface area contributed by atoms with Crippen LogP contribution in [-0.2, 0) is 9.59 Å². The number of ketones is 2. The van der Waals surface area contributed by atoms with Gasteiger partial charge in [-0.1, -0.05) is 77.0 Å². The van der Waals surface area contributed by atoms with Gasteiger partial charge >= 0.3 is 0 Å². The van der Waals surface area contributed by atoms with Crippen LogP contribution in [0.5, 0.6) is 0 Å². The summed E-state index contributed by atoms with van der Waals surface area (Å²) >= 11 is 0. The SMILES string of the molecule is C/C(=C\C(=O)C1CCCC2CCCCC2CCC1)C(=O)C(=N)C1CCCCCC1. The van der Waals surface area contributed by atoms with Crippen molar-refractivity contribution < 1.29 is 9.59 Å². The summed E-state index contributed by atoms with van der Waals surface area (Å²) in [6.07, 6.45) is 20.5. The molecular weight excluding hydrogens is 358 g/mol. The molecule has 3 nitrogen and oxygen atoms in total. The van der Waals surface area contributed by atoms with E-state index < -0.39 is 0 Å². The van der Waals surface area contributed by atoms with Crippen molar-refractivity contribution in [1.29, 1.82) is 5.41 Å². The Morgan fingerprint density at radius 2 is 1.10 bits per heavy atom.